The first-order valence-corrected chi connectivity index (χ1v) is 12.1. The second-order valence-electron chi connectivity index (χ2n) is 9.54. The minimum Gasteiger partial charge on any atom is -0.268 e. The average molecular weight is 456 g/mol. The van der Waals surface area contributed by atoms with Gasteiger partial charge in [-0.2, -0.15) is 0 Å². The minimum atomic E-state index is -0.258. The van der Waals surface area contributed by atoms with Crippen LogP contribution in [0.4, 0.5) is 5.69 Å². The van der Waals surface area contributed by atoms with Crippen LogP contribution in [0.1, 0.15) is 48.6 Å². The fourth-order valence-electron chi connectivity index (χ4n) is 4.05. The van der Waals surface area contributed by atoms with Crippen molar-refractivity contribution in [3.63, 3.8) is 0 Å². The first kappa shape index (κ1) is 23.1. The number of thioether (sulfide) groups is 1. The molecule has 0 spiro atoms. The summed E-state index contributed by atoms with van der Waals surface area (Å²) in [5.41, 5.74) is 6.32. The van der Waals surface area contributed by atoms with Gasteiger partial charge in [-0.15, -0.1) is 11.8 Å². The molecule has 4 heteroatoms. The zero-order valence-electron chi connectivity index (χ0n) is 19.8. The SMILES string of the molecule is Cc1ccc(C2=C(SCc3ccccc3)C(=O)N(c3ccc(C(C)(C)C)cc3)C2=O)c(C)c1. The maximum absolute atomic E-state index is 13.7. The number of benzene rings is 3. The van der Waals surface area contributed by atoms with Crippen molar-refractivity contribution in [1.29, 1.82) is 0 Å². The molecule has 2 amide bonds. The van der Waals surface area contributed by atoms with Crippen LogP contribution in [-0.2, 0) is 20.8 Å². The van der Waals surface area contributed by atoms with Crippen molar-refractivity contribution < 1.29 is 9.59 Å². The van der Waals surface area contributed by atoms with Crippen LogP contribution in [0.25, 0.3) is 5.57 Å². The molecule has 4 rings (SSSR count). The molecular weight excluding hydrogens is 426 g/mol. The third-order valence-corrected chi connectivity index (χ3v) is 7.06. The topological polar surface area (TPSA) is 37.4 Å². The van der Waals surface area contributed by atoms with Gasteiger partial charge in [-0.25, -0.2) is 4.90 Å². The quantitative estimate of drug-likeness (QED) is 0.396. The van der Waals surface area contributed by atoms with Crippen LogP contribution < -0.4 is 4.90 Å². The Morgan fingerprint density at radius 3 is 2.09 bits per heavy atom. The summed E-state index contributed by atoms with van der Waals surface area (Å²) in [6.07, 6.45) is 0. The van der Waals surface area contributed by atoms with Gasteiger partial charge in [0.05, 0.1) is 16.2 Å². The standard InChI is InChI=1S/C29H29NO2S/c1-19-11-16-24(20(2)17-19)25-26(33-18-21-9-7-6-8-10-21)28(32)30(27(25)31)23-14-12-22(13-15-23)29(3,4)5/h6-17H,18H2,1-5H3. The van der Waals surface area contributed by atoms with Gasteiger partial charge in [0.15, 0.2) is 0 Å². The number of imide groups is 1. The third-order valence-electron chi connectivity index (χ3n) is 5.91. The molecule has 0 aliphatic carbocycles. The number of aryl methyl sites for hydroxylation is 2. The normalized spacial score (nSPS) is 14.4. The van der Waals surface area contributed by atoms with E-state index >= 15 is 0 Å². The van der Waals surface area contributed by atoms with Crippen molar-refractivity contribution in [2.24, 2.45) is 0 Å². The van der Waals surface area contributed by atoms with Gasteiger partial charge in [0, 0.05) is 5.75 Å². The lowest BCUT2D eigenvalue weighted by Crippen LogP contribution is -2.31. The van der Waals surface area contributed by atoms with E-state index in [0.29, 0.717) is 21.9 Å². The fraction of sp³-hybridized carbons (Fsp3) is 0.241. The summed E-state index contributed by atoms with van der Waals surface area (Å²) >= 11 is 1.44. The van der Waals surface area contributed by atoms with Gasteiger partial charge in [0.2, 0.25) is 0 Å². The monoisotopic (exact) mass is 455 g/mol. The molecule has 3 aromatic rings. The van der Waals surface area contributed by atoms with E-state index in [1.165, 1.54) is 16.7 Å². The third kappa shape index (κ3) is 4.67. The molecule has 0 unspecified atom stereocenters. The van der Waals surface area contributed by atoms with E-state index in [4.69, 9.17) is 0 Å². The van der Waals surface area contributed by atoms with E-state index in [9.17, 15) is 9.59 Å². The highest BCUT2D eigenvalue weighted by Crippen LogP contribution is 2.41. The van der Waals surface area contributed by atoms with Gasteiger partial charge in [-0.3, -0.25) is 9.59 Å². The van der Waals surface area contributed by atoms with E-state index in [1.807, 2.05) is 80.6 Å². The molecular formula is C29H29NO2S. The van der Waals surface area contributed by atoms with E-state index in [2.05, 4.69) is 26.8 Å². The van der Waals surface area contributed by atoms with E-state index < -0.39 is 0 Å². The Morgan fingerprint density at radius 2 is 1.48 bits per heavy atom. The summed E-state index contributed by atoms with van der Waals surface area (Å²) in [5.74, 6) is 0.117. The molecule has 168 valence electrons. The van der Waals surface area contributed by atoms with E-state index in [-0.39, 0.29) is 17.2 Å². The molecule has 33 heavy (non-hydrogen) atoms. The number of carbonyl (C=O) groups excluding carboxylic acids is 2. The molecule has 0 N–H and O–H groups in total. The summed E-state index contributed by atoms with van der Waals surface area (Å²) in [7, 11) is 0. The second kappa shape index (κ2) is 9.03. The summed E-state index contributed by atoms with van der Waals surface area (Å²) in [6.45, 7) is 10.5. The lowest BCUT2D eigenvalue weighted by molar-refractivity contribution is -0.119. The summed E-state index contributed by atoms with van der Waals surface area (Å²) < 4.78 is 0. The molecule has 0 atom stereocenters. The minimum absolute atomic E-state index is 0.00330. The molecule has 0 saturated carbocycles. The van der Waals surface area contributed by atoms with Gasteiger partial charge in [-0.05, 0) is 53.6 Å². The van der Waals surface area contributed by atoms with Crippen LogP contribution in [0.15, 0.2) is 77.7 Å². The van der Waals surface area contributed by atoms with E-state index in [1.54, 1.807) is 0 Å². The predicted molar refractivity (Wildman–Crippen MR) is 138 cm³/mol. The van der Waals surface area contributed by atoms with Crippen LogP contribution in [0, 0.1) is 13.8 Å². The van der Waals surface area contributed by atoms with Crippen molar-refractivity contribution in [1.82, 2.24) is 0 Å². The first-order chi connectivity index (χ1) is 15.7. The predicted octanol–water partition coefficient (Wildman–Crippen LogP) is 6.82. The van der Waals surface area contributed by atoms with Crippen LogP contribution in [0.2, 0.25) is 0 Å². The highest BCUT2D eigenvalue weighted by molar-refractivity contribution is 8.03. The van der Waals surface area contributed by atoms with Crippen LogP contribution in [0.3, 0.4) is 0 Å². The summed E-state index contributed by atoms with van der Waals surface area (Å²) in [4.78, 5) is 29.1. The molecule has 3 nitrogen and oxygen atoms in total. The smallest absolute Gasteiger partial charge is 0.268 e. The molecule has 1 heterocycles. The second-order valence-corrected chi connectivity index (χ2v) is 10.5. The van der Waals surface area contributed by atoms with Gasteiger partial charge in [-0.1, -0.05) is 87.0 Å². The average Bonchev–Trinajstić information content (AvgIpc) is 3.02. The van der Waals surface area contributed by atoms with Gasteiger partial charge in [0.25, 0.3) is 11.8 Å². The molecule has 0 saturated heterocycles. The molecule has 0 radical (unpaired) electrons. The maximum Gasteiger partial charge on any atom is 0.272 e. The number of hydrogen-bond donors (Lipinski definition) is 0. The summed E-state index contributed by atoms with van der Waals surface area (Å²) in [6, 6.07) is 23.8. The number of nitrogens with zero attached hydrogens (tertiary/aromatic N) is 1. The highest BCUT2D eigenvalue weighted by atomic mass is 32.2. The van der Waals surface area contributed by atoms with Crippen molar-refractivity contribution in [3.8, 4) is 0 Å². The highest BCUT2D eigenvalue weighted by Gasteiger charge is 2.40. The summed E-state index contributed by atoms with van der Waals surface area (Å²) in [5, 5.41) is 0. The molecule has 3 aromatic carbocycles. The van der Waals surface area contributed by atoms with Crippen molar-refractivity contribution >= 4 is 34.8 Å². The maximum atomic E-state index is 13.7. The Bertz CT molecular complexity index is 1230. The molecule has 1 aliphatic heterocycles. The Kier molecular flexibility index (Phi) is 6.31. The van der Waals surface area contributed by atoms with Crippen LogP contribution in [0.5, 0.6) is 0 Å². The molecule has 1 aliphatic rings. The lowest BCUT2D eigenvalue weighted by atomic mass is 9.87. The number of hydrogen-bond acceptors (Lipinski definition) is 3. The fourth-order valence-corrected chi connectivity index (χ4v) is 5.11. The molecule has 0 bridgehead atoms. The van der Waals surface area contributed by atoms with Crippen molar-refractivity contribution in [3.05, 3.63) is 106 Å². The number of anilines is 1. The van der Waals surface area contributed by atoms with Crippen molar-refractivity contribution in [2.45, 2.75) is 45.8 Å². The first-order valence-electron chi connectivity index (χ1n) is 11.1. The van der Waals surface area contributed by atoms with Gasteiger partial charge >= 0.3 is 0 Å². The number of amides is 2. The Balaban J connectivity index is 1.75. The Labute approximate surface area is 200 Å². The van der Waals surface area contributed by atoms with Gasteiger partial charge < -0.3 is 0 Å². The lowest BCUT2D eigenvalue weighted by Gasteiger charge is -2.21. The van der Waals surface area contributed by atoms with Crippen LogP contribution in [-0.4, -0.2) is 11.8 Å². The van der Waals surface area contributed by atoms with E-state index in [0.717, 1.165) is 27.8 Å². The molecule has 0 aromatic heterocycles. The number of carbonyl (C=O) groups is 2. The largest absolute Gasteiger partial charge is 0.272 e. The zero-order valence-corrected chi connectivity index (χ0v) is 20.6. The van der Waals surface area contributed by atoms with Crippen LogP contribution >= 0.6 is 11.8 Å². The number of rotatable bonds is 5. The van der Waals surface area contributed by atoms with Gasteiger partial charge in [0.1, 0.15) is 0 Å². The zero-order chi connectivity index (χ0) is 23.8. The Hall–Kier alpha value is -3.11. The Morgan fingerprint density at radius 1 is 0.818 bits per heavy atom. The molecule has 0 fully saturated rings. The van der Waals surface area contributed by atoms with Crippen molar-refractivity contribution in [2.75, 3.05) is 4.90 Å².